The Balaban J connectivity index is 2.12. The molecule has 2 rings (SSSR count). The van der Waals surface area contributed by atoms with E-state index < -0.39 is 0 Å². The lowest BCUT2D eigenvalue weighted by Gasteiger charge is -2.17. The van der Waals surface area contributed by atoms with Gasteiger partial charge in [-0.15, -0.1) is 0 Å². The zero-order valence-corrected chi connectivity index (χ0v) is 9.46. The van der Waals surface area contributed by atoms with Crippen LogP contribution in [-0.2, 0) is 6.54 Å². The molecule has 0 N–H and O–H groups in total. The van der Waals surface area contributed by atoms with E-state index in [2.05, 4.69) is 32.8 Å². The Kier molecular flexibility index (Phi) is 3.10. The van der Waals surface area contributed by atoms with Crippen LogP contribution in [-0.4, -0.2) is 22.0 Å². The van der Waals surface area contributed by atoms with Crippen molar-refractivity contribution in [2.75, 3.05) is 11.9 Å². The van der Waals surface area contributed by atoms with Crippen LogP contribution in [0.2, 0.25) is 0 Å². The summed E-state index contributed by atoms with van der Waals surface area (Å²) in [5.74, 6) is 0.950. The fraction of sp³-hybridized carbons (Fsp3) is 0.250. The summed E-state index contributed by atoms with van der Waals surface area (Å²) in [7, 11) is 2.00. The van der Waals surface area contributed by atoms with Crippen molar-refractivity contribution in [2.45, 2.75) is 13.5 Å². The van der Waals surface area contributed by atoms with E-state index >= 15 is 0 Å². The highest BCUT2D eigenvalue weighted by atomic mass is 15.2. The van der Waals surface area contributed by atoms with Crippen molar-refractivity contribution in [2.24, 2.45) is 0 Å². The second-order valence-electron chi connectivity index (χ2n) is 3.74. The Morgan fingerprint density at radius 2 is 2.06 bits per heavy atom. The molecule has 0 radical (unpaired) electrons. The average Bonchev–Trinajstić information content (AvgIpc) is 2.30. The maximum Gasteiger partial charge on any atom is 0.128 e. The van der Waals surface area contributed by atoms with Crippen LogP contribution < -0.4 is 4.90 Å². The largest absolute Gasteiger partial charge is 0.354 e. The molecular formula is C12H14N4. The van der Waals surface area contributed by atoms with Gasteiger partial charge in [-0.3, -0.25) is 9.97 Å². The van der Waals surface area contributed by atoms with Gasteiger partial charge in [0.1, 0.15) is 5.82 Å². The van der Waals surface area contributed by atoms with E-state index in [1.165, 1.54) is 5.56 Å². The van der Waals surface area contributed by atoms with Crippen molar-refractivity contribution >= 4 is 5.82 Å². The number of anilines is 1. The molecular weight excluding hydrogens is 200 g/mol. The first-order chi connectivity index (χ1) is 7.75. The first-order valence-electron chi connectivity index (χ1n) is 5.14. The maximum atomic E-state index is 4.31. The predicted octanol–water partition coefficient (Wildman–Crippen LogP) is 1.82. The van der Waals surface area contributed by atoms with Crippen LogP contribution in [0.3, 0.4) is 0 Å². The zero-order chi connectivity index (χ0) is 11.4. The summed E-state index contributed by atoms with van der Waals surface area (Å²) in [6.07, 6.45) is 6.96. The fourth-order valence-electron chi connectivity index (χ4n) is 1.46. The van der Waals surface area contributed by atoms with Crippen molar-refractivity contribution in [3.8, 4) is 0 Å². The summed E-state index contributed by atoms with van der Waals surface area (Å²) in [6, 6.07) is 4.04. The van der Waals surface area contributed by atoms with Crippen LogP contribution in [0.25, 0.3) is 0 Å². The number of hydrogen-bond acceptors (Lipinski definition) is 4. The lowest BCUT2D eigenvalue weighted by Crippen LogP contribution is -2.18. The third-order valence-electron chi connectivity index (χ3n) is 2.31. The standard InChI is InChI=1S/C12H14N4/c1-10-3-4-15-12(7-10)16(2)9-11-8-13-5-6-14-11/h3-8H,9H2,1-2H3. The van der Waals surface area contributed by atoms with Crippen molar-refractivity contribution in [3.63, 3.8) is 0 Å². The molecule has 0 saturated heterocycles. The molecule has 4 heteroatoms. The fourth-order valence-corrected chi connectivity index (χ4v) is 1.46. The molecule has 0 spiro atoms. The van der Waals surface area contributed by atoms with E-state index in [9.17, 15) is 0 Å². The normalized spacial score (nSPS) is 10.1. The average molecular weight is 214 g/mol. The molecule has 0 aliphatic heterocycles. The van der Waals surface area contributed by atoms with E-state index in [-0.39, 0.29) is 0 Å². The summed E-state index contributed by atoms with van der Waals surface area (Å²) >= 11 is 0. The van der Waals surface area contributed by atoms with Crippen molar-refractivity contribution in [1.82, 2.24) is 15.0 Å². The van der Waals surface area contributed by atoms with Gasteiger partial charge in [0.2, 0.25) is 0 Å². The second-order valence-corrected chi connectivity index (χ2v) is 3.74. The molecule has 0 amide bonds. The van der Waals surface area contributed by atoms with Crippen molar-refractivity contribution in [1.29, 1.82) is 0 Å². The van der Waals surface area contributed by atoms with Gasteiger partial charge in [0, 0.05) is 25.6 Å². The number of pyridine rings is 1. The molecule has 4 nitrogen and oxygen atoms in total. The molecule has 2 aromatic heterocycles. The molecule has 0 fully saturated rings. The SMILES string of the molecule is Cc1ccnc(N(C)Cc2cnccn2)c1. The van der Waals surface area contributed by atoms with Crippen LogP contribution >= 0.6 is 0 Å². The summed E-state index contributed by atoms with van der Waals surface area (Å²) in [5.41, 5.74) is 2.14. The highest BCUT2D eigenvalue weighted by Crippen LogP contribution is 2.12. The number of aromatic nitrogens is 3. The predicted molar refractivity (Wildman–Crippen MR) is 63.1 cm³/mol. The van der Waals surface area contributed by atoms with E-state index in [1.807, 2.05) is 19.3 Å². The van der Waals surface area contributed by atoms with Crippen LogP contribution in [0.5, 0.6) is 0 Å². The van der Waals surface area contributed by atoms with Crippen LogP contribution in [0.1, 0.15) is 11.3 Å². The lowest BCUT2D eigenvalue weighted by atomic mass is 10.3. The Labute approximate surface area is 95.0 Å². The van der Waals surface area contributed by atoms with Crippen LogP contribution in [0.15, 0.2) is 36.9 Å². The molecule has 0 aliphatic rings. The van der Waals surface area contributed by atoms with E-state index in [0.29, 0.717) is 6.54 Å². The number of hydrogen-bond donors (Lipinski definition) is 0. The summed E-state index contributed by atoms with van der Waals surface area (Å²) in [6.45, 7) is 2.77. The number of nitrogens with zero attached hydrogens (tertiary/aromatic N) is 4. The van der Waals surface area contributed by atoms with E-state index in [4.69, 9.17) is 0 Å². The Bertz CT molecular complexity index is 456. The number of aryl methyl sites for hydroxylation is 1. The quantitative estimate of drug-likeness (QED) is 0.781. The van der Waals surface area contributed by atoms with Gasteiger partial charge in [0.05, 0.1) is 18.4 Å². The molecule has 2 heterocycles. The minimum atomic E-state index is 0.713. The third-order valence-corrected chi connectivity index (χ3v) is 2.31. The smallest absolute Gasteiger partial charge is 0.128 e. The minimum absolute atomic E-state index is 0.713. The van der Waals surface area contributed by atoms with Gasteiger partial charge < -0.3 is 4.90 Å². The second kappa shape index (κ2) is 4.70. The van der Waals surface area contributed by atoms with Crippen LogP contribution in [0.4, 0.5) is 5.82 Å². The van der Waals surface area contributed by atoms with Gasteiger partial charge in [0.25, 0.3) is 0 Å². The summed E-state index contributed by atoms with van der Waals surface area (Å²) < 4.78 is 0. The van der Waals surface area contributed by atoms with E-state index in [1.54, 1.807) is 18.6 Å². The molecule has 0 aliphatic carbocycles. The molecule has 82 valence electrons. The van der Waals surface area contributed by atoms with Crippen molar-refractivity contribution in [3.05, 3.63) is 48.2 Å². The Morgan fingerprint density at radius 3 is 2.75 bits per heavy atom. The topological polar surface area (TPSA) is 41.9 Å². The summed E-state index contributed by atoms with van der Waals surface area (Å²) in [5, 5.41) is 0. The van der Waals surface area contributed by atoms with Crippen molar-refractivity contribution < 1.29 is 0 Å². The molecule has 0 unspecified atom stereocenters. The first kappa shape index (κ1) is 10.5. The molecule has 16 heavy (non-hydrogen) atoms. The van der Waals surface area contributed by atoms with Gasteiger partial charge in [-0.25, -0.2) is 4.98 Å². The zero-order valence-electron chi connectivity index (χ0n) is 9.46. The van der Waals surface area contributed by atoms with Gasteiger partial charge in [-0.05, 0) is 24.6 Å². The van der Waals surface area contributed by atoms with Gasteiger partial charge in [-0.1, -0.05) is 0 Å². The molecule has 0 saturated carbocycles. The Morgan fingerprint density at radius 1 is 1.19 bits per heavy atom. The highest BCUT2D eigenvalue weighted by molar-refractivity contribution is 5.39. The summed E-state index contributed by atoms with van der Waals surface area (Å²) in [4.78, 5) is 14.6. The molecule has 0 aromatic carbocycles. The highest BCUT2D eigenvalue weighted by Gasteiger charge is 2.04. The monoisotopic (exact) mass is 214 g/mol. The lowest BCUT2D eigenvalue weighted by molar-refractivity contribution is 0.855. The minimum Gasteiger partial charge on any atom is -0.354 e. The van der Waals surface area contributed by atoms with Crippen LogP contribution in [0, 0.1) is 6.92 Å². The van der Waals surface area contributed by atoms with E-state index in [0.717, 1.165) is 11.5 Å². The first-order valence-corrected chi connectivity index (χ1v) is 5.14. The van der Waals surface area contributed by atoms with Gasteiger partial charge in [-0.2, -0.15) is 0 Å². The molecule has 0 atom stereocenters. The van der Waals surface area contributed by atoms with Gasteiger partial charge in [0.15, 0.2) is 0 Å². The molecule has 0 bridgehead atoms. The Hall–Kier alpha value is -1.97. The third kappa shape index (κ3) is 2.53. The molecule has 2 aromatic rings. The van der Waals surface area contributed by atoms with Gasteiger partial charge >= 0.3 is 0 Å². The number of rotatable bonds is 3. The maximum absolute atomic E-state index is 4.31.